The topological polar surface area (TPSA) is 73.9 Å². The minimum absolute atomic E-state index is 0.388. The molecule has 0 fully saturated rings. The highest BCUT2D eigenvalue weighted by Crippen LogP contribution is 2.38. The van der Waals surface area contributed by atoms with Crippen molar-refractivity contribution >= 4 is 51.2 Å². The van der Waals surface area contributed by atoms with Gasteiger partial charge in [0.05, 0.1) is 5.02 Å². The van der Waals surface area contributed by atoms with Gasteiger partial charge in [0.1, 0.15) is 13.2 Å². The van der Waals surface area contributed by atoms with E-state index in [1.54, 1.807) is 18.2 Å². The Labute approximate surface area is 175 Å². The molecule has 1 aliphatic heterocycles. The number of anilines is 1. The van der Waals surface area contributed by atoms with E-state index in [1.807, 2.05) is 19.1 Å². The maximum atomic E-state index is 12.0. The van der Waals surface area contributed by atoms with Gasteiger partial charge in [-0.2, -0.15) is 0 Å². The van der Waals surface area contributed by atoms with Crippen molar-refractivity contribution in [3.63, 3.8) is 0 Å². The molecule has 2 aromatic carbocycles. The Kier molecular flexibility index (Phi) is 6.59. The molecule has 0 atom stereocenters. The molecule has 28 heavy (non-hydrogen) atoms. The predicted molar refractivity (Wildman–Crippen MR) is 110 cm³/mol. The van der Waals surface area contributed by atoms with Crippen LogP contribution in [0.1, 0.15) is 11.1 Å². The molecule has 0 unspecified atom stereocenters. The molecule has 0 spiro atoms. The van der Waals surface area contributed by atoms with Crippen LogP contribution in [0.4, 0.5) is 5.69 Å². The molecule has 1 amide bonds. The van der Waals surface area contributed by atoms with Gasteiger partial charge in [-0.25, -0.2) is 4.79 Å². The molecule has 1 heterocycles. The second kappa shape index (κ2) is 9.12. The number of amides is 1. The van der Waals surface area contributed by atoms with Crippen molar-refractivity contribution in [2.75, 3.05) is 25.1 Å². The first-order chi connectivity index (χ1) is 13.4. The van der Waals surface area contributed by atoms with E-state index < -0.39 is 11.9 Å². The first-order valence-electron chi connectivity index (χ1n) is 8.42. The number of hydrogen-bond acceptors (Lipinski definition) is 5. The Hall–Kier alpha value is -2.51. The number of rotatable bonds is 5. The number of carbonyl (C=O) groups excluding carboxylic acids is 2. The minimum atomic E-state index is -0.645. The highest BCUT2D eigenvalue weighted by atomic mass is 79.9. The standard InChI is InChI=1S/C20H17BrClNO5/c1-12-8-14(21)3-4-16(12)23-18(24)11-28-19(25)5-2-13-9-15(22)20-17(10-13)26-6-7-27-20/h2-5,8-10H,6-7,11H2,1H3,(H,23,24)/b5-2-. The van der Waals surface area contributed by atoms with E-state index in [2.05, 4.69) is 21.2 Å². The van der Waals surface area contributed by atoms with Crippen LogP contribution in [0.15, 0.2) is 40.9 Å². The summed E-state index contributed by atoms with van der Waals surface area (Å²) in [5.41, 5.74) is 2.20. The lowest BCUT2D eigenvalue weighted by molar-refractivity contribution is -0.142. The van der Waals surface area contributed by atoms with Crippen LogP contribution in [0, 0.1) is 6.92 Å². The predicted octanol–water partition coefficient (Wildman–Crippen LogP) is 4.38. The van der Waals surface area contributed by atoms with Crippen molar-refractivity contribution in [1.29, 1.82) is 0 Å². The van der Waals surface area contributed by atoms with Crippen LogP contribution in [0.5, 0.6) is 11.5 Å². The molecule has 146 valence electrons. The highest BCUT2D eigenvalue weighted by Gasteiger charge is 2.16. The summed E-state index contributed by atoms with van der Waals surface area (Å²) < 4.78 is 16.8. The lowest BCUT2D eigenvalue weighted by Crippen LogP contribution is -2.20. The zero-order valence-electron chi connectivity index (χ0n) is 15.0. The van der Waals surface area contributed by atoms with E-state index >= 15 is 0 Å². The summed E-state index contributed by atoms with van der Waals surface area (Å²) in [6.45, 7) is 2.36. The van der Waals surface area contributed by atoms with Crippen LogP contribution in [0.25, 0.3) is 6.08 Å². The number of ether oxygens (including phenoxy) is 3. The maximum absolute atomic E-state index is 12.0. The van der Waals surface area contributed by atoms with E-state index in [9.17, 15) is 9.59 Å². The van der Waals surface area contributed by atoms with Crippen LogP contribution >= 0.6 is 27.5 Å². The van der Waals surface area contributed by atoms with E-state index in [-0.39, 0.29) is 6.61 Å². The first-order valence-corrected chi connectivity index (χ1v) is 9.59. The second-order valence-corrected chi connectivity index (χ2v) is 7.30. The van der Waals surface area contributed by atoms with Crippen LogP contribution in [0.3, 0.4) is 0 Å². The summed E-state index contributed by atoms with van der Waals surface area (Å²) in [6, 6.07) is 8.83. The number of halogens is 2. The first kappa shape index (κ1) is 20.2. The van der Waals surface area contributed by atoms with Gasteiger partial charge in [-0.05, 0) is 54.5 Å². The van der Waals surface area contributed by atoms with Crippen LogP contribution in [-0.2, 0) is 14.3 Å². The van der Waals surface area contributed by atoms with E-state index in [1.165, 1.54) is 12.2 Å². The number of nitrogens with one attached hydrogen (secondary N) is 1. The fourth-order valence-corrected chi connectivity index (χ4v) is 3.28. The summed E-state index contributed by atoms with van der Waals surface area (Å²) >= 11 is 9.51. The van der Waals surface area contributed by atoms with Gasteiger partial charge in [0, 0.05) is 16.2 Å². The Morgan fingerprint density at radius 1 is 1.25 bits per heavy atom. The number of esters is 1. The van der Waals surface area contributed by atoms with E-state index in [0.29, 0.717) is 41.0 Å². The average Bonchev–Trinajstić information content (AvgIpc) is 2.67. The van der Waals surface area contributed by atoms with Crippen molar-refractivity contribution in [3.05, 3.63) is 57.0 Å². The summed E-state index contributed by atoms with van der Waals surface area (Å²) in [5, 5.41) is 3.10. The molecule has 0 saturated heterocycles. The Balaban J connectivity index is 1.54. The monoisotopic (exact) mass is 465 g/mol. The van der Waals surface area contributed by atoms with Crippen molar-refractivity contribution in [2.45, 2.75) is 6.92 Å². The van der Waals surface area contributed by atoms with E-state index in [4.69, 9.17) is 25.8 Å². The highest BCUT2D eigenvalue weighted by molar-refractivity contribution is 9.10. The van der Waals surface area contributed by atoms with Gasteiger partial charge in [0.15, 0.2) is 18.1 Å². The molecule has 0 saturated carbocycles. The molecule has 6 nitrogen and oxygen atoms in total. The van der Waals surface area contributed by atoms with Gasteiger partial charge in [-0.1, -0.05) is 27.5 Å². The summed E-state index contributed by atoms with van der Waals surface area (Å²) in [5.74, 6) is -0.0493. The molecule has 8 heteroatoms. The minimum Gasteiger partial charge on any atom is -0.486 e. The maximum Gasteiger partial charge on any atom is 0.331 e. The zero-order chi connectivity index (χ0) is 20.1. The van der Waals surface area contributed by atoms with Gasteiger partial charge in [0.2, 0.25) is 0 Å². The molecule has 0 radical (unpaired) electrons. The molecule has 0 aromatic heterocycles. The van der Waals surface area contributed by atoms with Crippen molar-refractivity contribution in [1.82, 2.24) is 0 Å². The molecular weight excluding hydrogens is 450 g/mol. The molecule has 1 aliphatic rings. The zero-order valence-corrected chi connectivity index (χ0v) is 17.3. The third-order valence-corrected chi connectivity index (χ3v) is 4.61. The summed E-state index contributed by atoms with van der Waals surface area (Å²) in [7, 11) is 0. The fourth-order valence-electron chi connectivity index (χ4n) is 2.53. The molecule has 2 aromatic rings. The smallest absolute Gasteiger partial charge is 0.331 e. The number of fused-ring (bicyclic) bond motifs is 1. The number of carbonyl (C=O) groups is 2. The number of aryl methyl sites for hydroxylation is 1. The third kappa shape index (κ3) is 5.27. The number of benzene rings is 2. The Morgan fingerprint density at radius 3 is 2.82 bits per heavy atom. The average molecular weight is 467 g/mol. The normalized spacial score (nSPS) is 12.7. The fraction of sp³-hybridized carbons (Fsp3) is 0.200. The van der Waals surface area contributed by atoms with Gasteiger partial charge in [-0.15, -0.1) is 0 Å². The summed E-state index contributed by atoms with van der Waals surface area (Å²) in [4.78, 5) is 23.8. The third-order valence-electron chi connectivity index (χ3n) is 3.84. The number of hydrogen-bond donors (Lipinski definition) is 1. The van der Waals surface area contributed by atoms with Crippen LogP contribution in [0.2, 0.25) is 5.02 Å². The second-order valence-electron chi connectivity index (χ2n) is 5.98. The molecule has 3 rings (SSSR count). The van der Waals surface area contributed by atoms with Crippen LogP contribution < -0.4 is 14.8 Å². The molecule has 1 N–H and O–H groups in total. The van der Waals surface area contributed by atoms with Crippen molar-refractivity contribution < 1.29 is 23.8 Å². The Bertz CT molecular complexity index is 944. The van der Waals surface area contributed by atoms with Gasteiger partial charge < -0.3 is 19.5 Å². The lowest BCUT2D eigenvalue weighted by Gasteiger charge is -2.19. The molecule has 0 bridgehead atoms. The van der Waals surface area contributed by atoms with Gasteiger partial charge >= 0.3 is 5.97 Å². The van der Waals surface area contributed by atoms with Crippen molar-refractivity contribution in [3.8, 4) is 11.5 Å². The van der Waals surface area contributed by atoms with Gasteiger partial charge in [-0.3, -0.25) is 4.79 Å². The SMILES string of the molecule is Cc1cc(Br)ccc1NC(=O)COC(=O)/C=C\c1cc(Cl)c2c(c1)OCCO2. The van der Waals surface area contributed by atoms with Gasteiger partial charge in [0.25, 0.3) is 5.91 Å². The molecule has 0 aliphatic carbocycles. The summed E-state index contributed by atoms with van der Waals surface area (Å²) in [6.07, 6.45) is 2.75. The Morgan fingerprint density at radius 2 is 2.04 bits per heavy atom. The quantitative estimate of drug-likeness (QED) is 0.523. The van der Waals surface area contributed by atoms with Crippen LogP contribution in [-0.4, -0.2) is 31.7 Å². The van der Waals surface area contributed by atoms with E-state index in [0.717, 1.165) is 10.0 Å². The van der Waals surface area contributed by atoms with Crippen molar-refractivity contribution in [2.24, 2.45) is 0 Å². The largest absolute Gasteiger partial charge is 0.486 e. The molecular formula is C20H17BrClNO5. The lowest BCUT2D eigenvalue weighted by atomic mass is 10.2.